The van der Waals surface area contributed by atoms with Gasteiger partial charge in [0, 0.05) is 29.9 Å². The zero-order chi connectivity index (χ0) is 23.3. The normalized spacial score (nSPS) is 16.5. The van der Waals surface area contributed by atoms with Gasteiger partial charge in [-0.3, -0.25) is 19.2 Å². The molecule has 168 valence electrons. The van der Waals surface area contributed by atoms with Crippen LogP contribution in [0.15, 0.2) is 48.5 Å². The lowest BCUT2D eigenvalue weighted by molar-refractivity contribution is -0.122. The Morgan fingerprint density at radius 3 is 2.62 bits per heavy atom. The minimum atomic E-state index is -0.645. The van der Waals surface area contributed by atoms with E-state index in [-0.39, 0.29) is 30.3 Å². The van der Waals surface area contributed by atoms with Gasteiger partial charge in [0.2, 0.25) is 17.7 Å². The van der Waals surface area contributed by atoms with Crippen LogP contribution < -0.4 is 21.3 Å². The summed E-state index contributed by atoms with van der Waals surface area (Å²) in [6.07, 6.45) is 1.08. The number of hydrogen-bond acceptors (Lipinski definition) is 4. The number of para-hydroxylation sites is 1. The van der Waals surface area contributed by atoms with Gasteiger partial charge in [0.1, 0.15) is 0 Å². The molecule has 1 aliphatic heterocycles. The average Bonchev–Trinajstić information content (AvgIpc) is 3.18. The molecule has 1 fully saturated rings. The summed E-state index contributed by atoms with van der Waals surface area (Å²) in [5.74, 6) is -1.68. The predicted octanol–water partition coefficient (Wildman–Crippen LogP) is 2.41. The Balaban J connectivity index is 1.69. The monoisotopic (exact) mass is 436 g/mol. The highest BCUT2D eigenvalue weighted by atomic mass is 16.2. The first kappa shape index (κ1) is 23.0. The number of hydrogen-bond donors (Lipinski definition) is 3. The van der Waals surface area contributed by atoms with Crippen LogP contribution in [0.4, 0.5) is 11.4 Å². The Bertz CT molecular complexity index is 1040. The van der Waals surface area contributed by atoms with Crippen molar-refractivity contribution in [3.05, 3.63) is 59.7 Å². The van der Waals surface area contributed by atoms with Gasteiger partial charge in [-0.25, -0.2) is 0 Å². The first-order valence-corrected chi connectivity index (χ1v) is 10.7. The Morgan fingerprint density at radius 1 is 1.16 bits per heavy atom. The van der Waals surface area contributed by atoms with Crippen molar-refractivity contribution in [2.45, 2.75) is 32.6 Å². The quantitative estimate of drug-likeness (QED) is 0.588. The topological polar surface area (TPSA) is 122 Å². The van der Waals surface area contributed by atoms with Crippen molar-refractivity contribution in [3.8, 4) is 0 Å². The van der Waals surface area contributed by atoms with Gasteiger partial charge < -0.3 is 21.3 Å². The number of nitrogens with two attached hydrogens (primary N) is 1. The first-order chi connectivity index (χ1) is 15.3. The van der Waals surface area contributed by atoms with E-state index in [9.17, 15) is 19.2 Å². The standard InChI is InChI=1S/C24H28N4O4/c1-3-15(2)19-9-4-5-10-20(19)28-14-17(12-22(28)30)24(32)27-18-8-6-7-16(11-18)23(31)26-13-21(25)29/h4-11,15,17H,3,12-14H2,1-2H3,(H2,25,29)(H,26,31)(H,27,32). The highest BCUT2D eigenvalue weighted by Crippen LogP contribution is 2.33. The summed E-state index contributed by atoms with van der Waals surface area (Å²) in [6.45, 7) is 4.26. The second-order valence-electron chi connectivity index (χ2n) is 7.99. The fourth-order valence-corrected chi connectivity index (χ4v) is 3.74. The number of primary amides is 1. The van der Waals surface area contributed by atoms with E-state index in [0.29, 0.717) is 18.2 Å². The van der Waals surface area contributed by atoms with Crippen LogP contribution in [0.5, 0.6) is 0 Å². The van der Waals surface area contributed by atoms with Gasteiger partial charge >= 0.3 is 0 Å². The number of nitrogens with zero attached hydrogens (tertiary/aromatic N) is 1. The summed E-state index contributed by atoms with van der Waals surface area (Å²) in [5.41, 5.74) is 7.72. The molecular weight excluding hydrogens is 408 g/mol. The Hall–Kier alpha value is -3.68. The van der Waals surface area contributed by atoms with Crippen LogP contribution in [0.3, 0.4) is 0 Å². The average molecular weight is 437 g/mol. The zero-order valence-corrected chi connectivity index (χ0v) is 18.3. The Kier molecular flexibility index (Phi) is 7.25. The van der Waals surface area contributed by atoms with E-state index < -0.39 is 17.7 Å². The molecule has 0 spiro atoms. The summed E-state index contributed by atoms with van der Waals surface area (Å²) in [5, 5.41) is 5.20. The number of carbonyl (C=O) groups excluding carboxylic acids is 4. The largest absolute Gasteiger partial charge is 0.368 e. The minimum Gasteiger partial charge on any atom is -0.368 e. The second-order valence-corrected chi connectivity index (χ2v) is 7.99. The van der Waals surface area contributed by atoms with Crippen LogP contribution in [-0.2, 0) is 14.4 Å². The molecule has 32 heavy (non-hydrogen) atoms. The van der Waals surface area contributed by atoms with Crippen molar-refractivity contribution >= 4 is 35.0 Å². The minimum absolute atomic E-state index is 0.0829. The number of amides is 4. The molecule has 1 heterocycles. The first-order valence-electron chi connectivity index (χ1n) is 10.7. The molecule has 3 rings (SSSR count). The molecule has 0 saturated carbocycles. The smallest absolute Gasteiger partial charge is 0.251 e. The van der Waals surface area contributed by atoms with Gasteiger partial charge in [0.05, 0.1) is 12.5 Å². The van der Waals surface area contributed by atoms with Crippen LogP contribution in [0.2, 0.25) is 0 Å². The number of nitrogens with one attached hydrogen (secondary N) is 2. The molecule has 0 aliphatic carbocycles. The third kappa shape index (κ3) is 5.32. The molecule has 2 atom stereocenters. The Labute approximate surface area is 187 Å². The summed E-state index contributed by atoms with van der Waals surface area (Å²) in [6, 6.07) is 14.2. The maximum Gasteiger partial charge on any atom is 0.251 e. The lowest BCUT2D eigenvalue weighted by Crippen LogP contribution is -2.33. The van der Waals surface area contributed by atoms with Crippen LogP contribution in [0.1, 0.15) is 48.5 Å². The molecule has 8 nitrogen and oxygen atoms in total. The molecule has 0 aromatic heterocycles. The van der Waals surface area contributed by atoms with Crippen molar-refractivity contribution in [2.24, 2.45) is 11.7 Å². The highest BCUT2D eigenvalue weighted by molar-refractivity contribution is 6.04. The molecule has 1 saturated heterocycles. The lowest BCUT2D eigenvalue weighted by Gasteiger charge is -2.23. The van der Waals surface area contributed by atoms with E-state index in [2.05, 4.69) is 24.5 Å². The SMILES string of the molecule is CCC(C)c1ccccc1N1CC(C(=O)Nc2cccc(C(=O)NCC(N)=O)c2)CC1=O. The number of rotatable bonds is 8. The van der Waals surface area contributed by atoms with E-state index in [1.807, 2.05) is 24.3 Å². The van der Waals surface area contributed by atoms with Gasteiger partial charge in [-0.15, -0.1) is 0 Å². The predicted molar refractivity (Wildman–Crippen MR) is 122 cm³/mol. The molecule has 2 aromatic rings. The van der Waals surface area contributed by atoms with Gasteiger partial charge in [-0.05, 0) is 42.2 Å². The lowest BCUT2D eigenvalue weighted by atomic mass is 9.96. The molecule has 1 aliphatic rings. The van der Waals surface area contributed by atoms with Gasteiger partial charge in [0.25, 0.3) is 5.91 Å². The molecule has 0 bridgehead atoms. The summed E-state index contributed by atoms with van der Waals surface area (Å²) < 4.78 is 0. The van der Waals surface area contributed by atoms with Gasteiger partial charge in [-0.2, -0.15) is 0 Å². The fraction of sp³-hybridized carbons (Fsp3) is 0.333. The van der Waals surface area contributed by atoms with E-state index >= 15 is 0 Å². The van der Waals surface area contributed by atoms with Crippen LogP contribution in [0.25, 0.3) is 0 Å². The van der Waals surface area contributed by atoms with Crippen molar-refractivity contribution < 1.29 is 19.2 Å². The summed E-state index contributed by atoms with van der Waals surface area (Å²) in [7, 11) is 0. The molecule has 4 N–H and O–H groups in total. The van der Waals surface area contributed by atoms with Crippen LogP contribution >= 0.6 is 0 Å². The van der Waals surface area contributed by atoms with E-state index in [4.69, 9.17) is 5.73 Å². The molecular formula is C24H28N4O4. The van der Waals surface area contributed by atoms with Crippen LogP contribution in [0, 0.1) is 5.92 Å². The van der Waals surface area contributed by atoms with Gasteiger partial charge in [-0.1, -0.05) is 38.1 Å². The Morgan fingerprint density at radius 2 is 1.91 bits per heavy atom. The number of benzene rings is 2. The van der Waals surface area contributed by atoms with E-state index in [1.54, 1.807) is 23.1 Å². The van der Waals surface area contributed by atoms with Crippen molar-refractivity contribution in [3.63, 3.8) is 0 Å². The highest BCUT2D eigenvalue weighted by Gasteiger charge is 2.36. The molecule has 2 unspecified atom stereocenters. The van der Waals surface area contributed by atoms with Crippen molar-refractivity contribution in [2.75, 3.05) is 23.3 Å². The third-order valence-corrected chi connectivity index (χ3v) is 5.68. The maximum atomic E-state index is 12.9. The van der Waals surface area contributed by atoms with Crippen LogP contribution in [-0.4, -0.2) is 36.7 Å². The summed E-state index contributed by atoms with van der Waals surface area (Å²) in [4.78, 5) is 50.2. The van der Waals surface area contributed by atoms with Crippen molar-refractivity contribution in [1.29, 1.82) is 0 Å². The number of carbonyl (C=O) groups is 4. The third-order valence-electron chi connectivity index (χ3n) is 5.68. The molecule has 2 aromatic carbocycles. The molecule has 4 amide bonds. The van der Waals surface area contributed by atoms with E-state index in [0.717, 1.165) is 17.7 Å². The second kappa shape index (κ2) is 10.1. The van der Waals surface area contributed by atoms with E-state index in [1.165, 1.54) is 6.07 Å². The zero-order valence-electron chi connectivity index (χ0n) is 18.3. The van der Waals surface area contributed by atoms with Gasteiger partial charge in [0.15, 0.2) is 0 Å². The number of anilines is 2. The maximum absolute atomic E-state index is 12.9. The fourth-order valence-electron chi connectivity index (χ4n) is 3.74. The van der Waals surface area contributed by atoms with Crippen molar-refractivity contribution in [1.82, 2.24) is 5.32 Å². The molecule has 0 radical (unpaired) electrons. The summed E-state index contributed by atoms with van der Waals surface area (Å²) >= 11 is 0. The molecule has 8 heteroatoms.